The highest BCUT2D eigenvalue weighted by atomic mass is 19.1. The Bertz CT molecular complexity index is 1060. The predicted molar refractivity (Wildman–Crippen MR) is 107 cm³/mol. The van der Waals surface area contributed by atoms with E-state index >= 15 is 0 Å². The minimum absolute atomic E-state index is 0.179. The summed E-state index contributed by atoms with van der Waals surface area (Å²) in [6, 6.07) is 17.1. The SMILES string of the molecule is O=C(NCc1ccc(F)cc1)N1CCc2nn(Cc3ccccc3)c(=O)cc2C1. The fourth-order valence-electron chi connectivity index (χ4n) is 3.37. The number of benzene rings is 2. The molecule has 0 unspecified atom stereocenters. The Morgan fingerprint density at radius 2 is 1.83 bits per heavy atom. The molecule has 29 heavy (non-hydrogen) atoms. The van der Waals surface area contributed by atoms with Gasteiger partial charge >= 0.3 is 6.03 Å². The summed E-state index contributed by atoms with van der Waals surface area (Å²) < 4.78 is 14.4. The van der Waals surface area contributed by atoms with Gasteiger partial charge in [0.2, 0.25) is 0 Å². The molecule has 0 fully saturated rings. The molecular formula is C22H21FN4O2. The third kappa shape index (κ3) is 4.51. The number of urea groups is 1. The molecule has 1 aliphatic heterocycles. The van der Waals surface area contributed by atoms with Crippen molar-refractivity contribution >= 4 is 6.03 Å². The molecule has 0 aliphatic carbocycles. The minimum Gasteiger partial charge on any atom is -0.334 e. The number of amides is 2. The van der Waals surface area contributed by atoms with Crippen molar-refractivity contribution in [1.82, 2.24) is 20.0 Å². The van der Waals surface area contributed by atoms with Crippen LogP contribution in [0.2, 0.25) is 0 Å². The van der Waals surface area contributed by atoms with Gasteiger partial charge < -0.3 is 10.2 Å². The van der Waals surface area contributed by atoms with Crippen LogP contribution in [0.15, 0.2) is 65.5 Å². The van der Waals surface area contributed by atoms with Crippen molar-refractivity contribution in [2.24, 2.45) is 0 Å². The number of hydrogen-bond acceptors (Lipinski definition) is 3. The average molecular weight is 392 g/mol. The van der Waals surface area contributed by atoms with Crippen LogP contribution in [0, 0.1) is 5.82 Å². The van der Waals surface area contributed by atoms with E-state index in [9.17, 15) is 14.0 Å². The molecule has 0 radical (unpaired) electrons. The summed E-state index contributed by atoms with van der Waals surface area (Å²) in [6.45, 7) is 1.62. The largest absolute Gasteiger partial charge is 0.334 e. The lowest BCUT2D eigenvalue weighted by atomic mass is 10.1. The standard InChI is InChI=1S/C22H21FN4O2/c23-19-8-6-16(7-9-19)13-24-22(29)26-11-10-20-18(15-26)12-21(28)27(25-20)14-17-4-2-1-3-5-17/h1-9,12H,10-11,13-15H2,(H,24,29). The molecule has 1 aliphatic rings. The maximum atomic E-state index is 13.0. The Morgan fingerprint density at radius 1 is 1.07 bits per heavy atom. The van der Waals surface area contributed by atoms with E-state index in [4.69, 9.17) is 0 Å². The smallest absolute Gasteiger partial charge is 0.317 e. The molecule has 0 spiro atoms. The van der Waals surface area contributed by atoms with Crippen LogP contribution in [0.25, 0.3) is 0 Å². The predicted octanol–water partition coefficient (Wildman–Crippen LogP) is 2.70. The second-order valence-corrected chi connectivity index (χ2v) is 7.05. The molecule has 1 aromatic heterocycles. The van der Waals surface area contributed by atoms with E-state index in [-0.39, 0.29) is 17.4 Å². The van der Waals surface area contributed by atoms with Gasteiger partial charge in [-0.25, -0.2) is 13.9 Å². The molecule has 2 aromatic carbocycles. The van der Waals surface area contributed by atoms with Crippen LogP contribution in [0.3, 0.4) is 0 Å². The fourth-order valence-corrected chi connectivity index (χ4v) is 3.37. The zero-order valence-corrected chi connectivity index (χ0v) is 15.8. The topological polar surface area (TPSA) is 67.2 Å². The Kier molecular flexibility index (Phi) is 5.37. The highest BCUT2D eigenvalue weighted by molar-refractivity contribution is 5.74. The van der Waals surface area contributed by atoms with E-state index in [2.05, 4.69) is 10.4 Å². The first kappa shape index (κ1) is 18.9. The molecule has 0 saturated heterocycles. The molecule has 2 amide bonds. The van der Waals surface area contributed by atoms with Crippen molar-refractivity contribution in [2.45, 2.75) is 26.1 Å². The van der Waals surface area contributed by atoms with E-state index < -0.39 is 0 Å². The van der Waals surface area contributed by atoms with E-state index in [0.29, 0.717) is 32.6 Å². The molecular weight excluding hydrogens is 371 g/mol. The molecule has 2 heterocycles. The van der Waals surface area contributed by atoms with E-state index in [1.54, 1.807) is 23.1 Å². The van der Waals surface area contributed by atoms with E-state index in [1.807, 2.05) is 30.3 Å². The van der Waals surface area contributed by atoms with Crippen LogP contribution in [0.5, 0.6) is 0 Å². The number of carbonyl (C=O) groups is 1. The highest BCUT2D eigenvalue weighted by Crippen LogP contribution is 2.15. The lowest BCUT2D eigenvalue weighted by Crippen LogP contribution is -2.43. The molecule has 148 valence electrons. The van der Waals surface area contributed by atoms with Crippen LogP contribution < -0.4 is 10.9 Å². The average Bonchev–Trinajstić information content (AvgIpc) is 2.74. The molecule has 0 bridgehead atoms. The normalized spacial score (nSPS) is 13.1. The Morgan fingerprint density at radius 3 is 2.59 bits per heavy atom. The number of halogens is 1. The third-order valence-electron chi connectivity index (χ3n) is 4.96. The van der Waals surface area contributed by atoms with Gasteiger partial charge in [0.05, 0.1) is 12.2 Å². The number of nitrogens with one attached hydrogen (secondary N) is 1. The van der Waals surface area contributed by atoms with E-state index in [1.165, 1.54) is 16.8 Å². The third-order valence-corrected chi connectivity index (χ3v) is 4.96. The summed E-state index contributed by atoms with van der Waals surface area (Å²) in [6.07, 6.45) is 0.592. The summed E-state index contributed by atoms with van der Waals surface area (Å²) in [4.78, 5) is 26.6. The molecule has 3 aromatic rings. The van der Waals surface area contributed by atoms with Crippen molar-refractivity contribution < 1.29 is 9.18 Å². The van der Waals surface area contributed by atoms with Gasteiger partial charge in [-0.1, -0.05) is 42.5 Å². The summed E-state index contributed by atoms with van der Waals surface area (Å²) in [5.74, 6) is -0.307. The number of nitrogens with zero attached hydrogens (tertiary/aromatic N) is 3. The van der Waals surface area contributed by atoms with Gasteiger partial charge in [-0.15, -0.1) is 0 Å². The number of fused-ring (bicyclic) bond motifs is 1. The van der Waals surface area contributed by atoms with Crippen molar-refractivity contribution in [3.63, 3.8) is 0 Å². The Labute approximate surface area is 167 Å². The summed E-state index contributed by atoms with van der Waals surface area (Å²) in [5, 5.41) is 7.35. The Hall–Kier alpha value is -3.48. The first-order valence-electron chi connectivity index (χ1n) is 9.49. The van der Waals surface area contributed by atoms with Gasteiger partial charge in [-0.3, -0.25) is 4.79 Å². The second kappa shape index (κ2) is 8.26. The zero-order valence-electron chi connectivity index (χ0n) is 15.8. The second-order valence-electron chi connectivity index (χ2n) is 7.05. The van der Waals surface area contributed by atoms with Crippen LogP contribution in [-0.4, -0.2) is 27.3 Å². The molecule has 1 N–H and O–H groups in total. The van der Waals surface area contributed by atoms with Gasteiger partial charge in [0.15, 0.2) is 0 Å². The van der Waals surface area contributed by atoms with Gasteiger partial charge in [0, 0.05) is 37.7 Å². The number of rotatable bonds is 4. The fraction of sp³-hybridized carbons (Fsp3) is 0.227. The first-order valence-corrected chi connectivity index (χ1v) is 9.49. The monoisotopic (exact) mass is 392 g/mol. The van der Waals surface area contributed by atoms with Crippen LogP contribution in [0.4, 0.5) is 9.18 Å². The number of hydrogen-bond donors (Lipinski definition) is 1. The van der Waals surface area contributed by atoms with Gasteiger partial charge in [-0.2, -0.15) is 5.10 Å². The van der Waals surface area contributed by atoms with Gasteiger partial charge in [0.1, 0.15) is 5.82 Å². The van der Waals surface area contributed by atoms with Gasteiger partial charge in [0.25, 0.3) is 5.56 Å². The van der Waals surface area contributed by atoms with Gasteiger partial charge in [-0.05, 0) is 23.3 Å². The van der Waals surface area contributed by atoms with Crippen LogP contribution >= 0.6 is 0 Å². The maximum Gasteiger partial charge on any atom is 0.317 e. The highest BCUT2D eigenvalue weighted by Gasteiger charge is 2.22. The minimum atomic E-state index is -0.307. The molecule has 7 heteroatoms. The summed E-state index contributed by atoms with van der Waals surface area (Å²) in [5.41, 5.74) is 3.29. The summed E-state index contributed by atoms with van der Waals surface area (Å²) >= 11 is 0. The summed E-state index contributed by atoms with van der Waals surface area (Å²) in [7, 11) is 0. The lowest BCUT2D eigenvalue weighted by molar-refractivity contribution is 0.191. The molecule has 6 nitrogen and oxygen atoms in total. The van der Waals surface area contributed by atoms with Crippen molar-refractivity contribution in [3.05, 3.63) is 99.2 Å². The lowest BCUT2D eigenvalue weighted by Gasteiger charge is -2.28. The quantitative estimate of drug-likeness (QED) is 0.742. The number of carbonyl (C=O) groups excluding carboxylic acids is 1. The van der Waals surface area contributed by atoms with Crippen molar-refractivity contribution in [1.29, 1.82) is 0 Å². The van der Waals surface area contributed by atoms with Crippen molar-refractivity contribution in [2.75, 3.05) is 6.54 Å². The Balaban J connectivity index is 1.41. The number of aromatic nitrogens is 2. The van der Waals surface area contributed by atoms with Crippen LogP contribution in [0.1, 0.15) is 22.4 Å². The van der Waals surface area contributed by atoms with E-state index in [0.717, 1.165) is 22.4 Å². The maximum absolute atomic E-state index is 13.0. The molecule has 0 atom stereocenters. The van der Waals surface area contributed by atoms with Crippen LogP contribution in [-0.2, 0) is 26.1 Å². The molecule has 0 saturated carbocycles. The molecule has 4 rings (SSSR count). The zero-order chi connectivity index (χ0) is 20.2. The van der Waals surface area contributed by atoms with Crippen molar-refractivity contribution in [3.8, 4) is 0 Å². The first-order chi connectivity index (χ1) is 14.1.